The lowest BCUT2D eigenvalue weighted by molar-refractivity contribution is -0.116. The van der Waals surface area contributed by atoms with Crippen LogP contribution in [-0.4, -0.2) is 15.7 Å². The monoisotopic (exact) mass is 309 g/mol. The number of anilines is 1. The predicted molar refractivity (Wildman–Crippen MR) is 92.5 cm³/mol. The largest absolute Gasteiger partial charge is 0.311 e. The van der Waals surface area contributed by atoms with Gasteiger partial charge in [0.25, 0.3) is 0 Å². The van der Waals surface area contributed by atoms with Gasteiger partial charge in [-0.3, -0.25) is 4.79 Å². The SMILES string of the molecule is CC/C=C(\C)[C@@H]1CC(=O)Nc2c1c(C)nn2Cc1ccccc1. The van der Waals surface area contributed by atoms with Crippen LogP contribution in [0.1, 0.15) is 49.4 Å². The Morgan fingerprint density at radius 1 is 1.39 bits per heavy atom. The van der Waals surface area contributed by atoms with Crippen LogP contribution in [0.5, 0.6) is 0 Å². The van der Waals surface area contributed by atoms with Crippen LogP contribution < -0.4 is 5.32 Å². The molecule has 1 aromatic heterocycles. The number of hydrogen-bond acceptors (Lipinski definition) is 2. The Labute approximate surface area is 137 Å². The maximum absolute atomic E-state index is 12.2. The molecule has 4 nitrogen and oxygen atoms in total. The minimum atomic E-state index is 0.0700. The van der Waals surface area contributed by atoms with E-state index in [2.05, 4.69) is 42.5 Å². The molecular formula is C19H23N3O. The van der Waals surface area contributed by atoms with Gasteiger partial charge in [0.2, 0.25) is 5.91 Å². The Morgan fingerprint density at radius 3 is 2.83 bits per heavy atom. The van der Waals surface area contributed by atoms with Crippen LogP contribution in [0.15, 0.2) is 42.0 Å². The second-order valence-electron chi connectivity index (χ2n) is 6.15. The van der Waals surface area contributed by atoms with Crippen molar-refractivity contribution in [2.24, 2.45) is 0 Å². The van der Waals surface area contributed by atoms with Crippen molar-refractivity contribution in [1.29, 1.82) is 0 Å². The Bertz CT molecular complexity index is 743. The average Bonchev–Trinajstić information content (AvgIpc) is 2.84. The standard InChI is InChI=1S/C19H23N3O/c1-4-8-13(2)16-11-17(23)20-19-18(16)14(3)21-22(19)12-15-9-6-5-7-10-15/h5-10,16H,4,11-12H2,1-3H3,(H,20,23)/b13-8+/t16-/m0/s1. The van der Waals surface area contributed by atoms with Gasteiger partial charge in [-0.05, 0) is 25.8 Å². The fourth-order valence-electron chi connectivity index (χ4n) is 3.34. The van der Waals surface area contributed by atoms with E-state index in [1.54, 1.807) is 0 Å². The van der Waals surface area contributed by atoms with E-state index in [-0.39, 0.29) is 11.8 Å². The summed E-state index contributed by atoms with van der Waals surface area (Å²) in [7, 11) is 0. The fourth-order valence-corrected chi connectivity index (χ4v) is 3.34. The minimum absolute atomic E-state index is 0.0700. The average molecular weight is 309 g/mol. The van der Waals surface area contributed by atoms with Gasteiger partial charge >= 0.3 is 0 Å². The Balaban J connectivity index is 2.01. The fraction of sp³-hybridized carbons (Fsp3) is 0.368. The van der Waals surface area contributed by atoms with E-state index in [0.717, 1.165) is 17.9 Å². The van der Waals surface area contributed by atoms with Gasteiger partial charge in [0.15, 0.2) is 0 Å². The van der Waals surface area contributed by atoms with Crippen molar-refractivity contribution in [2.75, 3.05) is 5.32 Å². The quantitative estimate of drug-likeness (QED) is 0.867. The number of aryl methyl sites for hydroxylation is 1. The highest BCUT2D eigenvalue weighted by atomic mass is 16.1. The van der Waals surface area contributed by atoms with Gasteiger partial charge in [0.05, 0.1) is 12.2 Å². The third kappa shape index (κ3) is 3.07. The topological polar surface area (TPSA) is 46.9 Å². The predicted octanol–water partition coefficient (Wildman–Crippen LogP) is 4.02. The van der Waals surface area contributed by atoms with Crippen molar-refractivity contribution in [3.05, 3.63) is 58.8 Å². The van der Waals surface area contributed by atoms with E-state index in [9.17, 15) is 4.79 Å². The summed E-state index contributed by atoms with van der Waals surface area (Å²) in [4.78, 5) is 12.2. The number of benzene rings is 1. The summed E-state index contributed by atoms with van der Waals surface area (Å²) < 4.78 is 1.92. The molecule has 1 amide bonds. The molecule has 3 rings (SSSR count). The summed E-state index contributed by atoms with van der Waals surface area (Å²) in [6.45, 7) is 6.94. The van der Waals surface area contributed by atoms with Crippen molar-refractivity contribution in [3.8, 4) is 0 Å². The number of amides is 1. The first-order chi connectivity index (χ1) is 11.1. The summed E-state index contributed by atoms with van der Waals surface area (Å²) in [6, 6.07) is 10.2. The van der Waals surface area contributed by atoms with E-state index < -0.39 is 0 Å². The molecule has 0 saturated carbocycles. The summed E-state index contributed by atoms with van der Waals surface area (Å²) in [5.74, 6) is 1.07. The molecule has 1 aliphatic heterocycles. The van der Waals surface area contributed by atoms with Crippen molar-refractivity contribution in [2.45, 2.75) is 46.1 Å². The molecule has 1 aliphatic rings. The molecule has 1 atom stereocenters. The molecule has 4 heteroatoms. The number of fused-ring (bicyclic) bond motifs is 1. The Morgan fingerprint density at radius 2 is 2.13 bits per heavy atom. The van der Waals surface area contributed by atoms with Gasteiger partial charge in [-0.15, -0.1) is 0 Å². The number of aromatic nitrogens is 2. The Hall–Kier alpha value is -2.36. The molecule has 2 aromatic rings. The molecule has 0 fully saturated rings. The van der Waals surface area contributed by atoms with Crippen LogP contribution >= 0.6 is 0 Å². The zero-order valence-corrected chi connectivity index (χ0v) is 14.0. The number of nitrogens with zero attached hydrogens (tertiary/aromatic N) is 2. The molecule has 0 radical (unpaired) electrons. The van der Waals surface area contributed by atoms with Crippen LogP contribution in [0.4, 0.5) is 5.82 Å². The molecule has 23 heavy (non-hydrogen) atoms. The second-order valence-corrected chi connectivity index (χ2v) is 6.15. The van der Waals surface area contributed by atoms with Crippen molar-refractivity contribution in [1.82, 2.24) is 9.78 Å². The van der Waals surface area contributed by atoms with Crippen LogP contribution in [0, 0.1) is 6.92 Å². The van der Waals surface area contributed by atoms with Gasteiger partial charge < -0.3 is 5.32 Å². The molecule has 0 saturated heterocycles. The normalized spacial score (nSPS) is 17.8. The molecule has 1 N–H and O–H groups in total. The summed E-state index contributed by atoms with van der Waals surface area (Å²) in [5, 5.41) is 7.72. The lowest BCUT2D eigenvalue weighted by Crippen LogP contribution is -2.25. The Kier molecular flexibility index (Phi) is 4.33. The van der Waals surface area contributed by atoms with E-state index in [4.69, 9.17) is 0 Å². The highest BCUT2D eigenvalue weighted by Gasteiger charge is 2.31. The van der Waals surface area contributed by atoms with Crippen molar-refractivity contribution < 1.29 is 4.79 Å². The molecule has 0 aliphatic carbocycles. The highest BCUT2D eigenvalue weighted by molar-refractivity contribution is 5.94. The van der Waals surface area contributed by atoms with Gasteiger partial charge in [-0.2, -0.15) is 5.10 Å². The second kappa shape index (κ2) is 6.41. The third-order valence-electron chi connectivity index (χ3n) is 4.42. The van der Waals surface area contributed by atoms with Crippen molar-refractivity contribution >= 4 is 11.7 Å². The maximum atomic E-state index is 12.2. The number of carbonyl (C=O) groups is 1. The van der Waals surface area contributed by atoms with E-state index in [0.29, 0.717) is 13.0 Å². The molecule has 1 aromatic carbocycles. The van der Waals surface area contributed by atoms with Gasteiger partial charge in [0, 0.05) is 17.9 Å². The van der Waals surface area contributed by atoms with E-state index in [1.165, 1.54) is 16.7 Å². The third-order valence-corrected chi connectivity index (χ3v) is 4.42. The first-order valence-electron chi connectivity index (χ1n) is 8.17. The smallest absolute Gasteiger partial charge is 0.226 e. The summed E-state index contributed by atoms with van der Waals surface area (Å²) >= 11 is 0. The molecular weight excluding hydrogens is 286 g/mol. The molecule has 120 valence electrons. The minimum Gasteiger partial charge on any atom is -0.311 e. The maximum Gasteiger partial charge on any atom is 0.226 e. The summed E-state index contributed by atoms with van der Waals surface area (Å²) in [5.41, 5.74) is 4.61. The lowest BCUT2D eigenvalue weighted by atomic mass is 9.86. The molecule has 0 spiro atoms. The van der Waals surface area contributed by atoms with E-state index >= 15 is 0 Å². The first kappa shape index (κ1) is 15.5. The van der Waals surface area contributed by atoms with Gasteiger partial charge in [0.1, 0.15) is 5.82 Å². The van der Waals surface area contributed by atoms with E-state index in [1.807, 2.05) is 29.8 Å². The number of allylic oxidation sites excluding steroid dienone is 2. The van der Waals surface area contributed by atoms with Crippen molar-refractivity contribution in [3.63, 3.8) is 0 Å². The number of hydrogen-bond donors (Lipinski definition) is 1. The van der Waals surface area contributed by atoms with Crippen LogP contribution in [-0.2, 0) is 11.3 Å². The van der Waals surface area contributed by atoms with Crippen LogP contribution in [0.3, 0.4) is 0 Å². The number of rotatable bonds is 4. The number of nitrogens with one attached hydrogen (secondary N) is 1. The lowest BCUT2D eigenvalue weighted by Gasteiger charge is -2.25. The van der Waals surface area contributed by atoms with Crippen LogP contribution in [0.25, 0.3) is 0 Å². The molecule has 2 heterocycles. The van der Waals surface area contributed by atoms with Crippen LogP contribution in [0.2, 0.25) is 0 Å². The zero-order chi connectivity index (χ0) is 16.4. The summed E-state index contributed by atoms with van der Waals surface area (Å²) in [6.07, 6.45) is 3.70. The number of carbonyl (C=O) groups excluding carboxylic acids is 1. The zero-order valence-electron chi connectivity index (χ0n) is 14.0. The molecule has 0 bridgehead atoms. The first-order valence-corrected chi connectivity index (χ1v) is 8.17. The highest BCUT2D eigenvalue weighted by Crippen LogP contribution is 2.39. The van der Waals surface area contributed by atoms with Gasteiger partial charge in [-0.1, -0.05) is 48.9 Å². The molecule has 0 unspecified atom stereocenters. The van der Waals surface area contributed by atoms with Gasteiger partial charge in [-0.25, -0.2) is 4.68 Å².